The molecule has 0 saturated carbocycles. The SMILES string of the molecule is CC(Oc1ccccc1Cl)C(=O)Nc1cc(N2CCN(c3ccccc3)CC2)ncn1. The van der Waals surface area contributed by atoms with Crippen LogP contribution in [0, 0.1) is 0 Å². The molecule has 4 rings (SSSR count). The quantitative estimate of drug-likeness (QED) is 0.631. The standard InChI is InChI=1S/C23H24ClN5O2/c1-17(31-20-10-6-5-9-19(20)24)23(30)27-21-15-22(26-16-25-21)29-13-11-28(12-14-29)18-7-3-2-4-8-18/h2-10,15-17H,11-14H2,1H3,(H,25,26,27,30). The zero-order valence-corrected chi connectivity index (χ0v) is 18.0. The number of ether oxygens (including phenoxy) is 1. The van der Waals surface area contributed by atoms with Gasteiger partial charge >= 0.3 is 0 Å². The Kier molecular flexibility index (Phi) is 6.52. The number of carbonyl (C=O) groups excluding carboxylic acids is 1. The molecule has 1 aliphatic heterocycles. The van der Waals surface area contributed by atoms with Crippen molar-refractivity contribution in [3.05, 3.63) is 72.0 Å². The highest BCUT2D eigenvalue weighted by Crippen LogP contribution is 2.25. The van der Waals surface area contributed by atoms with E-state index in [2.05, 4.69) is 49.4 Å². The van der Waals surface area contributed by atoms with Gasteiger partial charge in [0, 0.05) is 37.9 Å². The smallest absolute Gasteiger partial charge is 0.266 e. The van der Waals surface area contributed by atoms with Crippen molar-refractivity contribution in [2.24, 2.45) is 0 Å². The monoisotopic (exact) mass is 437 g/mol. The minimum Gasteiger partial charge on any atom is -0.479 e. The number of piperazine rings is 1. The van der Waals surface area contributed by atoms with Crippen molar-refractivity contribution < 1.29 is 9.53 Å². The van der Waals surface area contributed by atoms with Gasteiger partial charge < -0.3 is 19.9 Å². The van der Waals surface area contributed by atoms with Crippen molar-refractivity contribution in [1.29, 1.82) is 0 Å². The molecule has 1 aliphatic rings. The number of anilines is 3. The van der Waals surface area contributed by atoms with Crippen molar-refractivity contribution in [1.82, 2.24) is 9.97 Å². The van der Waals surface area contributed by atoms with Gasteiger partial charge in [-0.3, -0.25) is 4.79 Å². The normalized spacial score (nSPS) is 14.8. The first-order valence-electron chi connectivity index (χ1n) is 10.2. The van der Waals surface area contributed by atoms with Crippen LogP contribution in [0.2, 0.25) is 5.02 Å². The molecule has 2 heterocycles. The highest BCUT2D eigenvalue weighted by atomic mass is 35.5. The topological polar surface area (TPSA) is 70.6 Å². The maximum absolute atomic E-state index is 12.6. The van der Waals surface area contributed by atoms with Crippen LogP contribution in [0.3, 0.4) is 0 Å². The first-order chi connectivity index (χ1) is 15.1. The van der Waals surface area contributed by atoms with Crippen LogP contribution >= 0.6 is 11.6 Å². The van der Waals surface area contributed by atoms with E-state index < -0.39 is 6.10 Å². The lowest BCUT2D eigenvalue weighted by molar-refractivity contribution is -0.122. The Hall–Kier alpha value is -3.32. The Labute approximate surface area is 186 Å². The molecule has 160 valence electrons. The Morgan fingerprint density at radius 1 is 1.00 bits per heavy atom. The van der Waals surface area contributed by atoms with E-state index in [1.807, 2.05) is 12.1 Å². The summed E-state index contributed by atoms with van der Waals surface area (Å²) in [4.78, 5) is 25.7. The summed E-state index contributed by atoms with van der Waals surface area (Å²) in [5.74, 6) is 1.39. The Morgan fingerprint density at radius 3 is 2.42 bits per heavy atom. The van der Waals surface area contributed by atoms with Crippen LogP contribution in [-0.4, -0.2) is 48.2 Å². The van der Waals surface area contributed by atoms with E-state index >= 15 is 0 Å². The number of carbonyl (C=O) groups is 1. The number of nitrogens with one attached hydrogen (secondary N) is 1. The molecule has 0 spiro atoms. The summed E-state index contributed by atoms with van der Waals surface area (Å²) in [6.07, 6.45) is 0.737. The molecule has 8 heteroatoms. The van der Waals surface area contributed by atoms with E-state index in [0.717, 1.165) is 32.0 Å². The molecular formula is C23H24ClN5O2. The van der Waals surface area contributed by atoms with Gasteiger partial charge in [-0.05, 0) is 31.2 Å². The van der Waals surface area contributed by atoms with Crippen LogP contribution in [-0.2, 0) is 4.79 Å². The Bertz CT molecular complexity index is 1030. The number of hydrogen-bond donors (Lipinski definition) is 1. The number of benzene rings is 2. The van der Waals surface area contributed by atoms with Crippen LogP contribution in [0.25, 0.3) is 0 Å². The number of nitrogens with zero attached hydrogens (tertiary/aromatic N) is 4. The van der Waals surface area contributed by atoms with Gasteiger partial charge in [-0.25, -0.2) is 9.97 Å². The predicted molar refractivity (Wildman–Crippen MR) is 123 cm³/mol. The first kappa shape index (κ1) is 20.9. The number of rotatable bonds is 6. The summed E-state index contributed by atoms with van der Waals surface area (Å²) >= 11 is 6.10. The third-order valence-electron chi connectivity index (χ3n) is 5.14. The van der Waals surface area contributed by atoms with Crippen LogP contribution in [0.4, 0.5) is 17.3 Å². The lowest BCUT2D eigenvalue weighted by atomic mass is 10.2. The number of amides is 1. The molecule has 2 aromatic carbocycles. The lowest BCUT2D eigenvalue weighted by Crippen LogP contribution is -2.46. The molecule has 1 N–H and O–H groups in total. The van der Waals surface area contributed by atoms with E-state index in [0.29, 0.717) is 16.6 Å². The second-order valence-corrected chi connectivity index (χ2v) is 7.66. The second kappa shape index (κ2) is 9.66. The summed E-state index contributed by atoms with van der Waals surface area (Å²) in [5.41, 5.74) is 1.23. The van der Waals surface area contributed by atoms with Crippen molar-refractivity contribution >= 4 is 34.8 Å². The molecule has 1 saturated heterocycles. The molecule has 0 radical (unpaired) electrons. The summed E-state index contributed by atoms with van der Waals surface area (Å²) < 4.78 is 5.68. The van der Waals surface area contributed by atoms with Crippen LogP contribution in [0.5, 0.6) is 5.75 Å². The highest BCUT2D eigenvalue weighted by Gasteiger charge is 2.20. The summed E-state index contributed by atoms with van der Waals surface area (Å²) in [5, 5.41) is 3.26. The fraction of sp³-hybridized carbons (Fsp3) is 0.261. The number of para-hydroxylation sites is 2. The average Bonchev–Trinajstić information content (AvgIpc) is 2.81. The van der Waals surface area contributed by atoms with Gasteiger partial charge in [-0.15, -0.1) is 0 Å². The average molecular weight is 438 g/mol. The van der Waals surface area contributed by atoms with E-state index in [1.165, 1.54) is 12.0 Å². The molecule has 1 amide bonds. The Balaban J connectivity index is 1.35. The number of hydrogen-bond acceptors (Lipinski definition) is 6. The maximum atomic E-state index is 12.6. The fourth-order valence-electron chi connectivity index (χ4n) is 3.43. The van der Waals surface area contributed by atoms with Crippen molar-refractivity contribution in [2.75, 3.05) is 41.3 Å². The molecule has 7 nitrogen and oxygen atoms in total. The highest BCUT2D eigenvalue weighted by molar-refractivity contribution is 6.32. The van der Waals surface area contributed by atoms with Gasteiger partial charge in [0.15, 0.2) is 6.10 Å². The summed E-state index contributed by atoms with van der Waals surface area (Å²) in [6, 6.07) is 19.2. The molecular weight excluding hydrogens is 414 g/mol. The molecule has 1 aromatic heterocycles. The molecule has 1 fully saturated rings. The zero-order chi connectivity index (χ0) is 21.6. The Morgan fingerprint density at radius 2 is 1.68 bits per heavy atom. The van der Waals surface area contributed by atoms with Crippen LogP contribution < -0.4 is 19.9 Å². The second-order valence-electron chi connectivity index (χ2n) is 7.25. The molecule has 1 unspecified atom stereocenters. The molecule has 1 atom stereocenters. The van der Waals surface area contributed by atoms with Crippen molar-refractivity contribution in [2.45, 2.75) is 13.0 Å². The first-order valence-corrected chi connectivity index (χ1v) is 10.6. The van der Waals surface area contributed by atoms with Crippen LogP contribution in [0.1, 0.15) is 6.92 Å². The van der Waals surface area contributed by atoms with Gasteiger partial charge in [0.1, 0.15) is 23.7 Å². The lowest BCUT2D eigenvalue weighted by Gasteiger charge is -2.36. The van der Waals surface area contributed by atoms with Gasteiger partial charge in [-0.2, -0.15) is 0 Å². The van der Waals surface area contributed by atoms with E-state index in [9.17, 15) is 4.79 Å². The maximum Gasteiger partial charge on any atom is 0.266 e. The van der Waals surface area contributed by atoms with Gasteiger partial charge in [0.25, 0.3) is 5.91 Å². The predicted octanol–water partition coefficient (Wildman–Crippen LogP) is 3.86. The van der Waals surface area contributed by atoms with Crippen molar-refractivity contribution in [3.63, 3.8) is 0 Å². The zero-order valence-electron chi connectivity index (χ0n) is 17.2. The minimum absolute atomic E-state index is 0.307. The minimum atomic E-state index is -0.729. The van der Waals surface area contributed by atoms with Gasteiger partial charge in [-0.1, -0.05) is 41.9 Å². The fourth-order valence-corrected chi connectivity index (χ4v) is 3.61. The molecule has 0 bridgehead atoms. The van der Waals surface area contributed by atoms with Gasteiger partial charge in [0.2, 0.25) is 0 Å². The molecule has 0 aliphatic carbocycles. The van der Waals surface area contributed by atoms with E-state index in [4.69, 9.17) is 16.3 Å². The largest absolute Gasteiger partial charge is 0.479 e. The number of halogens is 1. The van der Waals surface area contributed by atoms with E-state index in [1.54, 1.807) is 31.2 Å². The number of aromatic nitrogens is 2. The van der Waals surface area contributed by atoms with Crippen LogP contribution in [0.15, 0.2) is 67.0 Å². The molecule has 31 heavy (non-hydrogen) atoms. The molecule has 3 aromatic rings. The summed E-state index contributed by atoms with van der Waals surface area (Å²) in [7, 11) is 0. The third-order valence-corrected chi connectivity index (χ3v) is 5.45. The van der Waals surface area contributed by atoms with Crippen molar-refractivity contribution in [3.8, 4) is 5.75 Å². The van der Waals surface area contributed by atoms with Gasteiger partial charge in [0.05, 0.1) is 5.02 Å². The third kappa shape index (κ3) is 5.24. The summed E-state index contributed by atoms with van der Waals surface area (Å²) in [6.45, 7) is 5.15. The van der Waals surface area contributed by atoms with E-state index in [-0.39, 0.29) is 5.91 Å².